The fourth-order valence-electron chi connectivity index (χ4n) is 2.27. The van der Waals surface area contributed by atoms with Crippen molar-refractivity contribution in [3.63, 3.8) is 0 Å². The van der Waals surface area contributed by atoms with Crippen molar-refractivity contribution in [2.75, 3.05) is 0 Å². The molecular formula is C17H15F2IN2O2. The molecule has 3 N–H and O–H groups in total. The van der Waals surface area contributed by atoms with Crippen LogP contribution in [0.3, 0.4) is 0 Å². The summed E-state index contributed by atoms with van der Waals surface area (Å²) in [7, 11) is 0. The average Bonchev–Trinajstić information content (AvgIpc) is 2.45. The lowest BCUT2D eigenvalue weighted by Crippen LogP contribution is -2.46. The second-order valence-electron chi connectivity index (χ2n) is 5.31. The van der Waals surface area contributed by atoms with E-state index in [1.807, 2.05) is 24.3 Å². The number of nitrogens with two attached hydrogens (primary N) is 1. The van der Waals surface area contributed by atoms with Crippen LogP contribution in [0.5, 0.6) is 0 Å². The maximum absolute atomic E-state index is 13.1. The van der Waals surface area contributed by atoms with Gasteiger partial charge in [0, 0.05) is 16.1 Å². The third kappa shape index (κ3) is 5.55. The van der Waals surface area contributed by atoms with Gasteiger partial charge in [-0.1, -0.05) is 12.1 Å². The Morgan fingerprint density at radius 2 is 1.75 bits per heavy atom. The van der Waals surface area contributed by atoms with Gasteiger partial charge < -0.3 is 11.1 Å². The Morgan fingerprint density at radius 1 is 1.08 bits per heavy atom. The highest BCUT2D eigenvalue weighted by Crippen LogP contribution is 2.11. The van der Waals surface area contributed by atoms with Crippen molar-refractivity contribution in [3.8, 4) is 0 Å². The smallest absolute Gasteiger partial charge is 0.240 e. The number of hydrogen-bond acceptors (Lipinski definition) is 2. The largest absolute Gasteiger partial charge is 0.368 e. The molecule has 2 aromatic rings. The first-order valence-corrected chi connectivity index (χ1v) is 8.19. The number of hydrogen-bond donors (Lipinski definition) is 2. The molecule has 4 nitrogen and oxygen atoms in total. The SMILES string of the molecule is NC(=O)[C@@H](Cc1cccc(I)c1)NC(=O)Cc1cc(F)cc(F)c1. The zero-order valence-electron chi connectivity index (χ0n) is 12.6. The van der Waals surface area contributed by atoms with Crippen molar-refractivity contribution in [1.82, 2.24) is 5.32 Å². The molecule has 0 unspecified atom stereocenters. The van der Waals surface area contributed by atoms with Gasteiger partial charge in [0.05, 0.1) is 6.42 Å². The molecule has 1 atom stereocenters. The maximum Gasteiger partial charge on any atom is 0.240 e. The predicted molar refractivity (Wildman–Crippen MR) is 94.1 cm³/mol. The molecule has 0 aliphatic carbocycles. The summed E-state index contributed by atoms with van der Waals surface area (Å²) in [4.78, 5) is 23.6. The standard InChI is InChI=1S/C17H15F2IN2O2/c18-12-4-11(5-13(19)9-12)8-16(23)22-15(17(21)24)7-10-2-1-3-14(20)6-10/h1-6,9,15H,7-8H2,(H2,21,24)(H,22,23)/t15-/m1/s1. The van der Waals surface area contributed by atoms with Crippen molar-refractivity contribution in [2.45, 2.75) is 18.9 Å². The Hall–Kier alpha value is -2.03. The van der Waals surface area contributed by atoms with E-state index in [0.29, 0.717) is 0 Å². The number of carbonyl (C=O) groups excluding carboxylic acids is 2. The Labute approximate surface area is 151 Å². The van der Waals surface area contributed by atoms with Gasteiger partial charge in [-0.05, 0) is 58.0 Å². The molecule has 0 saturated carbocycles. The van der Waals surface area contributed by atoms with Gasteiger partial charge in [-0.2, -0.15) is 0 Å². The minimum atomic E-state index is -0.894. The minimum Gasteiger partial charge on any atom is -0.368 e. The Morgan fingerprint density at radius 3 is 2.33 bits per heavy atom. The Bertz CT molecular complexity index is 748. The van der Waals surface area contributed by atoms with Crippen molar-refractivity contribution >= 4 is 34.4 Å². The second-order valence-corrected chi connectivity index (χ2v) is 6.56. The fourth-order valence-corrected chi connectivity index (χ4v) is 2.87. The normalized spacial score (nSPS) is 11.8. The van der Waals surface area contributed by atoms with Crippen LogP contribution < -0.4 is 11.1 Å². The van der Waals surface area contributed by atoms with Gasteiger partial charge in [-0.15, -0.1) is 0 Å². The van der Waals surface area contributed by atoms with Gasteiger partial charge in [0.2, 0.25) is 11.8 Å². The highest BCUT2D eigenvalue weighted by atomic mass is 127. The van der Waals surface area contributed by atoms with Crippen molar-refractivity contribution < 1.29 is 18.4 Å². The van der Waals surface area contributed by atoms with E-state index in [-0.39, 0.29) is 18.4 Å². The van der Waals surface area contributed by atoms with Crippen LogP contribution in [0.2, 0.25) is 0 Å². The van der Waals surface area contributed by atoms with E-state index in [4.69, 9.17) is 5.73 Å². The number of amides is 2. The van der Waals surface area contributed by atoms with Crippen molar-refractivity contribution in [1.29, 1.82) is 0 Å². The number of rotatable bonds is 6. The second kappa shape index (κ2) is 8.18. The zero-order chi connectivity index (χ0) is 17.7. The van der Waals surface area contributed by atoms with Crippen LogP contribution in [0.15, 0.2) is 42.5 Å². The van der Waals surface area contributed by atoms with Crippen molar-refractivity contribution in [2.24, 2.45) is 5.73 Å². The van der Waals surface area contributed by atoms with Crippen LogP contribution in [0.25, 0.3) is 0 Å². The maximum atomic E-state index is 13.1. The molecule has 0 saturated heterocycles. The van der Waals surface area contributed by atoms with E-state index in [9.17, 15) is 18.4 Å². The summed E-state index contributed by atoms with van der Waals surface area (Å²) in [6.45, 7) is 0. The Balaban J connectivity index is 2.04. The van der Waals surface area contributed by atoms with Gasteiger partial charge in [0.1, 0.15) is 17.7 Å². The van der Waals surface area contributed by atoms with E-state index < -0.39 is 29.5 Å². The summed E-state index contributed by atoms with van der Waals surface area (Å²) >= 11 is 2.14. The zero-order valence-corrected chi connectivity index (χ0v) is 14.7. The predicted octanol–water partition coefficient (Wildman–Crippen LogP) is 2.32. The minimum absolute atomic E-state index is 0.183. The first kappa shape index (κ1) is 18.3. The average molecular weight is 444 g/mol. The third-order valence-corrected chi connectivity index (χ3v) is 3.97. The van der Waals surface area contributed by atoms with Crippen LogP contribution >= 0.6 is 22.6 Å². The molecule has 0 heterocycles. The summed E-state index contributed by atoms with van der Waals surface area (Å²) in [5.74, 6) is -2.73. The quantitative estimate of drug-likeness (QED) is 0.672. The molecule has 0 radical (unpaired) electrons. The highest BCUT2D eigenvalue weighted by Gasteiger charge is 2.19. The molecule has 24 heavy (non-hydrogen) atoms. The molecular weight excluding hydrogens is 429 g/mol. The van der Waals surface area contributed by atoms with Gasteiger partial charge in [-0.3, -0.25) is 9.59 Å². The van der Waals surface area contributed by atoms with Crippen LogP contribution in [0, 0.1) is 15.2 Å². The molecule has 126 valence electrons. The number of halogens is 3. The molecule has 2 amide bonds. The lowest BCUT2D eigenvalue weighted by atomic mass is 10.0. The molecule has 0 aliphatic rings. The number of primary amides is 1. The monoisotopic (exact) mass is 444 g/mol. The summed E-state index contributed by atoms with van der Waals surface area (Å²) < 4.78 is 27.3. The summed E-state index contributed by atoms with van der Waals surface area (Å²) in [5, 5.41) is 2.51. The van der Waals surface area contributed by atoms with Crippen LogP contribution in [-0.2, 0) is 22.4 Å². The molecule has 0 bridgehead atoms. The molecule has 0 spiro atoms. The summed E-state index contributed by atoms with van der Waals surface area (Å²) in [5.41, 5.74) is 6.37. The van der Waals surface area contributed by atoms with Crippen LogP contribution in [0.4, 0.5) is 8.78 Å². The van der Waals surface area contributed by atoms with Crippen LogP contribution in [0.1, 0.15) is 11.1 Å². The summed E-state index contributed by atoms with van der Waals surface area (Å²) in [6, 6.07) is 9.42. The van der Waals surface area contributed by atoms with Gasteiger partial charge in [-0.25, -0.2) is 8.78 Å². The van der Waals surface area contributed by atoms with E-state index in [1.165, 1.54) is 0 Å². The van der Waals surface area contributed by atoms with E-state index in [2.05, 4.69) is 27.9 Å². The number of carbonyl (C=O) groups is 2. The Kier molecular flexibility index (Phi) is 6.24. The third-order valence-electron chi connectivity index (χ3n) is 3.29. The van der Waals surface area contributed by atoms with Crippen LogP contribution in [-0.4, -0.2) is 17.9 Å². The van der Waals surface area contributed by atoms with Crippen molar-refractivity contribution in [3.05, 3.63) is 68.8 Å². The fraction of sp³-hybridized carbons (Fsp3) is 0.176. The molecule has 2 rings (SSSR count). The molecule has 0 aromatic heterocycles. The molecule has 0 fully saturated rings. The van der Waals surface area contributed by atoms with E-state index in [1.54, 1.807) is 0 Å². The molecule has 0 aliphatic heterocycles. The first-order valence-electron chi connectivity index (χ1n) is 7.11. The topological polar surface area (TPSA) is 72.2 Å². The van der Waals surface area contributed by atoms with Gasteiger partial charge in [0.25, 0.3) is 0 Å². The first-order chi connectivity index (χ1) is 11.3. The van der Waals surface area contributed by atoms with E-state index in [0.717, 1.165) is 27.3 Å². The lowest BCUT2D eigenvalue weighted by molar-refractivity contribution is -0.127. The highest BCUT2D eigenvalue weighted by molar-refractivity contribution is 14.1. The van der Waals surface area contributed by atoms with Gasteiger partial charge in [0.15, 0.2) is 0 Å². The lowest BCUT2D eigenvalue weighted by Gasteiger charge is -2.16. The number of benzene rings is 2. The molecule has 2 aromatic carbocycles. The summed E-state index contributed by atoms with van der Waals surface area (Å²) in [6.07, 6.45) is 0.000209. The van der Waals surface area contributed by atoms with Gasteiger partial charge >= 0.3 is 0 Å². The molecule has 7 heteroatoms. The number of nitrogens with one attached hydrogen (secondary N) is 1. The van der Waals surface area contributed by atoms with E-state index >= 15 is 0 Å².